The zero-order valence-electron chi connectivity index (χ0n) is 30.1. The van der Waals surface area contributed by atoms with Crippen molar-refractivity contribution in [3.8, 4) is 0 Å². The van der Waals surface area contributed by atoms with Gasteiger partial charge in [-0.25, -0.2) is 4.79 Å². The number of carbonyl (C=O) groups excluding carboxylic acids is 2. The second kappa shape index (κ2) is 29.7. The van der Waals surface area contributed by atoms with Gasteiger partial charge in [0.05, 0.1) is 34.4 Å². The minimum Gasteiger partial charge on any atom is -0.477 e. The van der Waals surface area contributed by atoms with E-state index in [0.29, 0.717) is 19.3 Å². The van der Waals surface area contributed by atoms with E-state index in [9.17, 15) is 19.5 Å². The van der Waals surface area contributed by atoms with Gasteiger partial charge < -0.3 is 23.8 Å². The third-order valence-corrected chi connectivity index (χ3v) is 8.51. The Bertz CT molecular complexity index is 722. The Morgan fingerprint density at radius 2 is 0.978 bits per heavy atom. The van der Waals surface area contributed by atoms with Crippen molar-refractivity contribution >= 4 is 17.9 Å². The average Bonchev–Trinajstić information content (AvgIpc) is 2.98. The van der Waals surface area contributed by atoms with Gasteiger partial charge in [-0.2, -0.15) is 0 Å². The number of carbonyl (C=O) groups is 3. The molecule has 266 valence electrons. The van der Waals surface area contributed by atoms with Gasteiger partial charge in [0.15, 0.2) is 12.1 Å². The number of carboxylic acid groups (broad SMARTS) is 1. The highest BCUT2D eigenvalue weighted by atomic mass is 16.6. The van der Waals surface area contributed by atoms with E-state index in [-0.39, 0.29) is 36.2 Å². The second-order valence-corrected chi connectivity index (χ2v) is 13.8. The lowest BCUT2D eigenvalue weighted by molar-refractivity contribution is -0.887. The first-order valence-electron chi connectivity index (χ1n) is 18.6. The summed E-state index contributed by atoms with van der Waals surface area (Å²) >= 11 is 0. The largest absolute Gasteiger partial charge is 0.477 e. The van der Waals surface area contributed by atoms with Crippen LogP contribution in [0.2, 0.25) is 0 Å². The molecule has 0 bridgehead atoms. The summed E-state index contributed by atoms with van der Waals surface area (Å²) in [5.41, 5.74) is 0. The molecule has 8 heteroatoms. The summed E-state index contributed by atoms with van der Waals surface area (Å²) < 4.78 is 17.2. The molecule has 0 aliphatic rings. The van der Waals surface area contributed by atoms with Crippen molar-refractivity contribution in [1.29, 1.82) is 0 Å². The molecule has 0 radical (unpaired) electrons. The maximum atomic E-state index is 12.6. The lowest BCUT2D eigenvalue weighted by Crippen LogP contribution is -2.50. The number of rotatable bonds is 33. The van der Waals surface area contributed by atoms with E-state index < -0.39 is 18.1 Å². The Hall–Kier alpha value is -1.67. The first-order chi connectivity index (χ1) is 21.6. The summed E-state index contributed by atoms with van der Waals surface area (Å²) in [5.74, 6) is -1.46. The third kappa shape index (κ3) is 28.3. The molecule has 0 aliphatic carbocycles. The maximum Gasteiger partial charge on any atom is 0.362 e. The molecule has 0 aromatic rings. The zero-order chi connectivity index (χ0) is 33.6. The molecule has 0 aromatic heterocycles. The van der Waals surface area contributed by atoms with E-state index >= 15 is 0 Å². The average molecular weight is 643 g/mol. The van der Waals surface area contributed by atoms with Crippen LogP contribution in [0.15, 0.2) is 0 Å². The van der Waals surface area contributed by atoms with Gasteiger partial charge in [0.25, 0.3) is 0 Å². The van der Waals surface area contributed by atoms with Gasteiger partial charge in [0.2, 0.25) is 0 Å². The molecule has 2 atom stereocenters. The first-order valence-corrected chi connectivity index (χ1v) is 18.6. The van der Waals surface area contributed by atoms with Gasteiger partial charge in [-0.05, 0) is 12.8 Å². The van der Waals surface area contributed by atoms with Gasteiger partial charge in [-0.3, -0.25) is 9.59 Å². The smallest absolute Gasteiger partial charge is 0.362 e. The summed E-state index contributed by atoms with van der Waals surface area (Å²) in [4.78, 5) is 36.6. The SMILES string of the molecule is CCCCCCCCCCCCCCC(=O)OC(COCCC(C(=O)O)[N+](C)(C)C)COC(=O)CCCCCCCCCCC. The topological polar surface area (TPSA) is 99.1 Å². The molecule has 0 saturated carbocycles. The maximum absolute atomic E-state index is 12.6. The predicted octanol–water partition coefficient (Wildman–Crippen LogP) is 9.02. The standard InChI is InChI=1S/C37H71NO7/c1-6-8-10-12-14-16-17-18-20-22-24-26-28-36(40)45-33(31-43-30-29-34(37(41)42)38(3,4)5)32-44-35(39)27-25-23-21-19-15-13-11-9-7-2/h33-34H,6-32H2,1-5H3/p+1. The number of likely N-dealkylation sites (N-methyl/N-ethyl adjacent to an activating group) is 1. The van der Waals surface area contributed by atoms with Gasteiger partial charge in [0.1, 0.15) is 6.61 Å². The quantitative estimate of drug-likeness (QED) is 0.0433. The van der Waals surface area contributed by atoms with Crippen LogP contribution in [-0.4, -0.2) is 80.6 Å². The fraction of sp³-hybridized carbons (Fsp3) is 0.919. The Labute approximate surface area is 276 Å². The molecule has 0 fully saturated rings. The molecule has 1 N–H and O–H groups in total. The van der Waals surface area contributed by atoms with Crippen LogP contribution in [0, 0.1) is 0 Å². The van der Waals surface area contributed by atoms with Crippen molar-refractivity contribution in [1.82, 2.24) is 0 Å². The number of hydrogen-bond donors (Lipinski definition) is 1. The van der Waals surface area contributed by atoms with Crippen LogP contribution < -0.4 is 0 Å². The van der Waals surface area contributed by atoms with Gasteiger partial charge in [0, 0.05) is 19.3 Å². The highest BCUT2D eigenvalue weighted by Crippen LogP contribution is 2.14. The minimum absolute atomic E-state index is 0.0435. The highest BCUT2D eigenvalue weighted by Gasteiger charge is 2.31. The molecule has 0 aliphatic heterocycles. The van der Waals surface area contributed by atoms with Gasteiger partial charge in [-0.1, -0.05) is 136 Å². The number of aliphatic carboxylic acids is 1. The van der Waals surface area contributed by atoms with E-state index in [1.54, 1.807) is 0 Å². The van der Waals surface area contributed by atoms with Crippen molar-refractivity contribution in [2.75, 3.05) is 41.0 Å². The number of carboxylic acids is 1. The minimum atomic E-state index is -0.873. The molecular weight excluding hydrogens is 570 g/mol. The highest BCUT2D eigenvalue weighted by molar-refractivity contribution is 5.72. The van der Waals surface area contributed by atoms with Crippen molar-refractivity contribution in [3.05, 3.63) is 0 Å². The zero-order valence-corrected chi connectivity index (χ0v) is 30.1. The Morgan fingerprint density at radius 1 is 0.578 bits per heavy atom. The van der Waals surface area contributed by atoms with E-state index in [1.807, 2.05) is 21.1 Å². The molecule has 0 spiro atoms. The molecule has 2 unspecified atom stereocenters. The summed E-state index contributed by atoms with van der Waals surface area (Å²) in [6.45, 7) is 4.71. The van der Waals surface area contributed by atoms with E-state index in [4.69, 9.17) is 14.2 Å². The normalized spacial score (nSPS) is 13.0. The van der Waals surface area contributed by atoms with Crippen LogP contribution >= 0.6 is 0 Å². The number of esters is 2. The number of nitrogens with zero attached hydrogens (tertiary/aromatic N) is 1. The molecular formula is C37H72NO7+. The molecule has 8 nitrogen and oxygen atoms in total. The molecule has 0 amide bonds. The summed E-state index contributed by atoms with van der Waals surface area (Å²) in [6.07, 6.45) is 25.7. The lowest BCUT2D eigenvalue weighted by Gasteiger charge is -2.31. The molecule has 0 saturated heterocycles. The molecule has 0 aromatic carbocycles. The van der Waals surface area contributed by atoms with Crippen LogP contribution in [0.25, 0.3) is 0 Å². The van der Waals surface area contributed by atoms with Crippen molar-refractivity contribution in [3.63, 3.8) is 0 Å². The van der Waals surface area contributed by atoms with Crippen molar-refractivity contribution in [2.45, 2.75) is 180 Å². The molecule has 0 heterocycles. The number of unbranched alkanes of at least 4 members (excludes halogenated alkanes) is 19. The van der Waals surface area contributed by atoms with Crippen LogP contribution in [0.3, 0.4) is 0 Å². The monoisotopic (exact) mass is 643 g/mol. The van der Waals surface area contributed by atoms with E-state index in [0.717, 1.165) is 38.5 Å². The predicted molar refractivity (Wildman–Crippen MR) is 183 cm³/mol. The van der Waals surface area contributed by atoms with Gasteiger partial charge in [-0.15, -0.1) is 0 Å². The van der Waals surface area contributed by atoms with Crippen molar-refractivity contribution in [2.24, 2.45) is 0 Å². The fourth-order valence-electron chi connectivity index (χ4n) is 5.56. The van der Waals surface area contributed by atoms with Crippen LogP contribution in [0.4, 0.5) is 0 Å². The van der Waals surface area contributed by atoms with E-state index in [1.165, 1.54) is 96.3 Å². The lowest BCUT2D eigenvalue weighted by atomic mass is 10.0. The van der Waals surface area contributed by atoms with Crippen LogP contribution in [0.5, 0.6) is 0 Å². The fourth-order valence-corrected chi connectivity index (χ4v) is 5.56. The Kier molecular flexibility index (Phi) is 28.6. The number of hydrogen-bond acceptors (Lipinski definition) is 6. The number of quaternary nitrogens is 1. The summed E-state index contributed by atoms with van der Waals surface area (Å²) in [7, 11) is 5.52. The summed E-state index contributed by atoms with van der Waals surface area (Å²) in [6, 6.07) is -0.606. The molecule has 0 rings (SSSR count). The van der Waals surface area contributed by atoms with Crippen LogP contribution in [0.1, 0.15) is 168 Å². The Morgan fingerprint density at radius 3 is 1.38 bits per heavy atom. The van der Waals surface area contributed by atoms with Crippen molar-refractivity contribution < 1.29 is 38.2 Å². The number of ether oxygens (including phenoxy) is 3. The van der Waals surface area contributed by atoms with Crippen LogP contribution in [-0.2, 0) is 28.6 Å². The van der Waals surface area contributed by atoms with Gasteiger partial charge >= 0.3 is 17.9 Å². The van der Waals surface area contributed by atoms with E-state index in [2.05, 4.69) is 13.8 Å². The molecule has 45 heavy (non-hydrogen) atoms. The first kappa shape index (κ1) is 43.3. The second-order valence-electron chi connectivity index (χ2n) is 13.8. The Balaban J connectivity index is 4.42. The summed E-state index contributed by atoms with van der Waals surface area (Å²) in [5, 5.41) is 9.56. The third-order valence-electron chi connectivity index (χ3n) is 8.51.